The molecule has 0 saturated carbocycles. The third-order valence-electron chi connectivity index (χ3n) is 3.99. The molecule has 3 heterocycles. The minimum Gasteiger partial charge on any atom is -0.387 e. The van der Waals surface area contributed by atoms with Gasteiger partial charge in [0.25, 0.3) is 0 Å². The summed E-state index contributed by atoms with van der Waals surface area (Å²) in [6.07, 6.45) is 3.97. The predicted octanol–water partition coefficient (Wildman–Crippen LogP) is 3.75. The first-order chi connectivity index (χ1) is 10.4. The summed E-state index contributed by atoms with van der Waals surface area (Å²) < 4.78 is 0.938. The van der Waals surface area contributed by atoms with E-state index in [2.05, 4.69) is 37.4 Å². The third kappa shape index (κ3) is 2.73. The number of hydrogen-bond acceptors (Lipinski definition) is 5. The number of pyridine rings is 1. The Morgan fingerprint density at radius 2 is 2.14 bits per heavy atom. The Morgan fingerprint density at radius 1 is 1.36 bits per heavy atom. The average Bonchev–Trinajstić information content (AvgIpc) is 2.95. The summed E-state index contributed by atoms with van der Waals surface area (Å²) in [6, 6.07) is 4.10. The fourth-order valence-electron chi connectivity index (χ4n) is 2.56. The smallest absolute Gasteiger partial charge is 0.145 e. The topological polar surface area (TPSA) is 68.3 Å². The van der Waals surface area contributed by atoms with Crippen molar-refractivity contribution >= 4 is 38.9 Å². The molecule has 0 spiro atoms. The quantitative estimate of drug-likeness (QED) is 0.865. The molecule has 4 nitrogen and oxygen atoms in total. The van der Waals surface area contributed by atoms with Crippen LogP contribution in [-0.4, -0.2) is 16.6 Å². The Morgan fingerprint density at radius 3 is 2.82 bits per heavy atom. The lowest BCUT2D eigenvalue weighted by atomic mass is 9.85. The molecule has 0 fully saturated rings. The molecule has 114 valence electrons. The number of carbonyl (C=O) groups excluding carboxylic acids is 1. The monoisotopic (exact) mass is 377 g/mol. The SMILES string of the molecule is CC1C(=O)C[C@@](C)(c2cc(-c3cncc(Br)c3)cs2)N=C1N. The second-order valence-electron chi connectivity index (χ2n) is 5.77. The maximum atomic E-state index is 12.1. The van der Waals surface area contributed by atoms with E-state index in [1.165, 1.54) is 0 Å². The van der Waals surface area contributed by atoms with E-state index in [1.807, 2.05) is 26.1 Å². The van der Waals surface area contributed by atoms with Crippen LogP contribution in [0.25, 0.3) is 11.1 Å². The van der Waals surface area contributed by atoms with Crippen molar-refractivity contribution in [3.05, 3.63) is 39.3 Å². The lowest BCUT2D eigenvalue weighted by molar-refractivity contribution is -0.122. The molecule has 6 heteroatoms. The number of aliphatic imine (C=N–C) groups is 1. The molecule has 22 heavy (non-hydrogen) atoms. The molecule has 1 aliphatic rings. The van der Waals surface area contributed by atoms with Crippen LogP contribution in [0, 0.1) is 5.92 Å². The Bertz CT molecular complexity index is 770. The summed E-state index contributed by atoms with van der Waals surface area (Å²) in [5.74, 6) is 0.300. The van der Waals surface area contributed by atoms with Crippen molar-refractivity contribution in [2.75, 3.05) is 0 Å². The number of nitrogens with zero attached hydrogens (tertiary/aromatic N) is 2. The molecule has 3 rings (SSSR count). The molecule has 2 N–H and O–H groups in total. The van der Waals surface area contributed by atoms with Crippen LogP contribution >= 0.6 is 27.3 Å². The first-order valence-corrected chi connectivity index (χ1v) is 8.64. The Labute approximate surface area is 141 Å². The van der Waals surface area contributed by atoms with Gasteiger partial charge in [-0.3, -0.25) is 14.8 Å². The molecule has 1 aliphatic heterocycles. The molecule has 2 aromatic heterocycles. The highest BCUT2D eigenvalue weighted by Crippen LogP contribution is 2.40. The number of halogens is 1. The standard InChI is InChI=1S/C16H16BrN3OS/c1-9-13(21)5-16(2,20-15(9)18)14-4-11(8-22-14)10-3-12(17)7-19-6-10/h3-4,6-9H,5H2,1-2H3,(H2,18,20)/t9?,16-/m0/s1. The summed E-state index contributed by atoms with van der Waals surface area (Å²) in [7, 11) is 0. The number of Topliss-reactive ketones (excluding diaryl/α,β-unsaturated/α-hetero) is 1. The first-order valence-electron chi connectivity index (χ1n) is 6.97. The summed E-state index contributed by atoms with van der Waals surface area (Å²) in [6.45, 7) is 3.78. The van der Waals surface area contributed by atoms with Gasteiger partial charge in [0.05, 0.1) is 5.92 Å². The van der Waals surface area contributed by atoms with Gasteiger partial charge in [0, 0.05) is 33.7 Å². The second-order valence-corrected chi connectivity index (χ2v) is 7.59. The normalized spacial score (nSPS) is 25.1. The fourth-order valence-corrected chi connectivity index (χ4v) is 3.95. The van der Waals surface area contributed by atoms with Gasteiger partial charge in [-0.05, 0) is 52.9 Å². The van der Waals surface area contributed by atoms with E-state index in [4.69, 9.17) is 5.73 Å². The summed E-state index contributed by atoms with van der Waals surface area (Å²) in [5, 5.41) is 2.07. The number of aromatic nitrogens is 1. The lowest BCUT2D eigenvalue weighted by Gasteiger charge is -2.30. The third-order valence-corrected chi connectivity index (χ3v) is 5.61. The van der Waals surface area contributed by atoms with Crippen LogP contribution in [-0.2, 0) is 10.3 Å². The second kappa shape index (κ2) is 5.59. The van der Waals surface area contributed by atoms with Crippen LogP contribution in [0.4, 0.5) is 0 Å². The highest BCUT2D eigenvalue weighted by atomic mass is 79.9. The number of nitrogens with two attached hydrogens (primary N) is 1. The van der Waals surface area contributed by atoms with Crippen molar-refractivity contribution < 1.29 is 4.79 Å². The van der Waals surface area contributed by atoms with Crippen LogP contribution in [0.2, 0.25) is 0 Å². The molecule has 1 unspecified atom stereocenters. The van der Waals surface area contributed by atoms with Crippen molar-refractivity contribution in [3.63, 3.8) is 0 Å². The highest BCUT2D eigenvalue weighted by molar-refractivity contribution is 9.10. The van der Waals surface area contributed by atoms with Gasteiger partial charge >= 0.3 is 0 Å². The highest BCUT2D eigenvalue weighted by Gasteiger charge is 2.38. The number of ketones is 1. The molecular formula is C16H16BrN3OS. The van der Waals surface area contributed by atoms with E-state index in [0.717, 1.165) is 20.5 Å². The minimum atomic E-state index is -0.559. The summed E-state index contributed by atoms with van der Waals surface area (Å²) in [4.78, 5) is 22.0. The Balaban J connectivity index is 1.99. The molecule has 0 radical (unpaired) electrons. The van der Waals surface area contributed by atoms with Gasteiger partial charge in [0.15, 0.2) is 0 Å². The Hall–Kier alpha value is -1.53. The molecule has 2 aromatic rings. The number of amidine groups is 1. The van der Waals surface area contributed by atoms with Crippen LogP contribution < -0.4 is 5.73 Å². The maximum Gasteiger partial charge on any atom is 0.145 e. The van der Waals surface area contributed by atoms with E-state index in [-0.39, 0.29) is 11.7 Å². The Kier molecular flexibility index (Phi) is 3.91. The number of rotatable bonds is 2. The number of carbonyl (C=O) groups is 1. The largest absolute Gasteiger partial charge is 0.387 e. The van der Waals surface area contributed by atoms with Crippen LogP contribution in [0.5, 0.6) is 0 Å². The van der Waals surface area contributed by atoms with Gasteiger partial charge in [-0.25, -0.2) is 0 Å². The predicted molar refractivity (Wildman–Crippen MR) is 93.0 cm³/mol. The fraction of sp³-hybridized carbons (Fsp3) is 0.312. The summed E-state index contributed by atoms with van der Waals surface area (Å²) in [5.41, 5.74) is 7.49. The summed E-state index contributed by atoms with van der Waals surface area (Å²) >= 11 is 5.04. The van der Waals surface area contributed by atoms with Gasteiger partial charge < -0.3 is 5.73 Å². The average molecular weight is 378 g/mol. The van der Waals surface area contributed by atoms with E-state index in [9.17, 15) is 4.79 Å². The van der Waals surface area contributed by atoms with Crippen molar-refractivity contribution in [2.45, 2.75) is 25.8 Å². The molecule has 2 atom stereocenters. The van der Waals surface area contributed by atoms with Crippen molar-refractivity contribution in [1.82, 2.24) is 4.98 Å². The molecule has 0 aliphatic carbocycles. The zero-order chi connectivity index (χ0) is 15.9. The maximum absolute atomic E-state index is 12.1. The minimum absolute atomic E-state index is 0.147. The van der Waals surface area contributed by atoms with Gasteiger partial charge in [0.1, 0.15) is 17.2 Å². The van der Waals surface area contributed by atoms with Crippen LogP contribution in [0.15, 0.2) is 39.4 Å². The first kappa shape index (κ1) is 15.4. The van der Waals surface area contributed by atoms with Gasteiger partial charge in [-0.2, -0.15) is 0 Å². The van der Waals surface area contributed by atoms with Crippen molar-refractivity contribution in [1.29, 1.82) is 0 Å². The molecule has 0 bridgehead atoms. The van der Waals surface area contributed by atoms with Crippen molar-refractivity contribution in [2.24, 2.45) is 16.6 Å². The van der Waals surface area contributed by atoms with Gasteiger partial charge in [0.2, 0.25) is 0 Å². The molecule has 0 saturated heterocycles. The van der Waals surface area contributed by atoms with Crippen LogP contribution in [0.3, 0.4) is 0 Å². The zero-order valence-corrected chi connectivity index (χ0v) is 14.7. The van der Waals surface area contributed by atoms with Crippen molar-refractivity contribution in [3.8, 4) is 11.1 Å². The van der Waals surface area contributed by atoms with Crippen LogP contribution in [0.1, 0.15) is 25.1 Å². The van der Waals surface area contributed by atoms with Gasteiger partial charge in [-0.15, -0.1) is 11.3 Å². The molecule has 0 amide bonds. The molecular weight excluding hydrogens is 362 g/mol. The number of hydrogen-bond donors (Lipinski definition) is 1. The zero-order valence-electron chi connectivity index (χ0n) is 12.3. The number of thiophene rings is 1. The van der Waals surface area contributed by atoms with E-state index in [1.54, 1.807) is 17.5 Å². The van der Waals surface area contributed by atoms with E-state index < -0.39 is 5.54 Å². The van der Waals surface area contributed by atoms with E-state index in [0.29, 0.717) is 12.3 Å². The lowest BCUT2D eigenvalue weighted by Crippen LogP contribution is -2.40. The molecule has 0 aromatic carbocycles. The van der Waals surface area contributed by atoms with Gasteiger partial charge in [-0.1, -0.05) is 0 Å². The van der Waals surface area contributed by atoms with E-state index >= 15 is 0 Å².